The van der Waals surface area contributed by atoms with Gasteiger partial charge in [0.05, 0.1) is 0 Å². The standard InChI is InChI=1S/C10H21N3O/c1-2-9(7-8-3-4-8)12-6-5-10(11)13-14/h8-9,12,14H,2-7H2,1H3,(H2,11,13). The predicted octanol–water partition coefficient (Wildman–Crippen LogP) is 1.29. The van der Waals surface area contributed by atoms with E-state index in [0.717, 1.165) is 18.9 Å². The molecule has 1 fully saturated rings. The SMILES string of the molecule is CCC(CC1CC1)NCCC(N)=NO. The molecule has 1 aliphatic rings. The number of hydrogen-bond donors (Lipinski definition) is 3. The van der Waals surface area contributed by atoms with Gasteiger partial charge in [0.25, 0.3) is 0 Å². The summed E-state index contributed by atoms with van der Waals surface area (Å²) in [6.45, 7) is 3.00. The molecule has 1 atom stereocenters. The van der Waals surface area contributed by atoms with Gasteiger partial charge in [-0.1, -0.05) is 24.9 Å². The molecule has 0 radical (unpaired) electrons. The number of amidine groups is 1. The zero-order chi connectivity index (χ0) is 10.4. The minimum absolute atomic E-state index is 0.304. The Kier molecular flexibility index (Phi) is 4.73. The third-order valence-electron chi connectivity index (χ3n) is 2.75. The van der Waals surface area contributed by atoms with Crippen molar-refractivity contribution in [1.82, 2.24) is 5.32 Å². The molecular formula is C10H21N3O. The maximum atomic E-state index is 8.35. The summed E-state index contributed by atoms with van der Waals surface area (Å²) >= 11 is 0. The van der Waals surface area contributed by atoms with Crippen molar-refractivity contribution in [3.05, 3.63) is 0 Å². The minimum Gasteiger partial charge on any atom is -0.409 e. The predicted molar refractivity (Wildman–Crippen MR) is 57.4 cm³/mol. The van der Waals surface area contributed by atoms with Crippen molar-refractivity contribution in [1.29, 1.82) is 0 Å². The Morgan fingerprint density at radius 3 is 2.86 bits per heavy atom. The van der Waals surface area contributed by atoms with Gasteiger partial charge in [-0.25, -0.2) is 0 Å². The van der Waals surface area contributed by atoms with Crippen molar-refractivity contribution < 1.29 is 5.21 Å². The van der Waals surface area contributed by atoms with E-state index in [0.29, 0.717) is 18.3 Å². The van der Waals surface area contributed by atoms with E-state index in [-0.39, 0.29) is 0 Å². The van der Waals surface area contributed by atoms with Crippen LogP contribution in [0.15, 0.2) is 5.16 Å². The van der Waals surface area contributed by atoms with Crippen LogP contribution in [0.1, 0.15) is 39.0 Å². The van der Waals surface area contributed by atoms with Crippen LogP contribution in [-0.4, -0.2) is 23.6 Å². The molecule has 0 aliphatic heterocycles. The number of oxime groups is 1. The van der Waals surface area contributed by atoms with Crippen LogP contribution < -0.4 is 11.1 Å². The third-order valence-corrected chi connectivity index (χ3v) is 2.75. The molecule has 0 spiro atoms. The Balaban J connectivity index is 2.07. The second-order valence-electron chi connectivity index (χ2n) is 4.08. The molecule has 1 unspecified atom stereocenters. The van der Waals surface area contributed by atoms with E-state index < -0.39 is 0 Å². The molecule has 4 nitrogen and oxygen atoms in total. The molecule has 0 aromatic heterocycles. The van der Waals surface area contributed by atoms with Crippen molar-refractivity contribution in [2.45, 2.75) is 45.1 Å². The lowest BCUT2D eigenvalue weighted by atomic mass is 10.1. The second kappa shape index (κ2) is 5.86. The number of rotatable bonds is 7. The molecule has 1 saturated carbocycles. The fourth-order valence-corrected chi connectivity index (χ4v) is 1.60. The largest absolute Gasteiger partial charge is 0.409 e. The second-order valence-corrected chi connectivity index (χ2v) is 4.08. The summed E-state index contributed by atoms with van der Waals surface area (Å²) in [5.41, 5.74) is 5.37. The summed E-state index contributed by atoms with van der Waals surface area (Å²) in [6.07, 6.45) is 5.87. The Labute approximate surface area is 85.6 Å². The van der Waals surface area contributed by atoms with E-state index in [1.54, 1.807) is 0 Å². The number of nitrogens with zero attached hydrogens (tertiary/aromatic N) is 1. The van der Waals surface area contributed by atoms with Crippen LogP contribution in [0.3, 0.4) is 0 Å². The van der Waals surface area contributed by atoms with Gasteiger partial charge in [-0.05, 0) is 18.8 Å². The van der Waals surface area contributed by atoms with Gasteiger partial charge >= 0.3 is 0 Å². The highest BCUT2D eigenvalue weighted by Gasteiger charge is 2.24. The van der Waals surface area contributed by atoms with Crippen molar-refractivity contribution in [2.24, 2.45) is 16.8 Å². The molecule has 0 saturated heterocycles. The first kappa shape index (κ1) is 11.3. The average Bonchev–Trinajstić information content (AvgIpc) is 2.99. The maximum Gasteiger partial charge on any atom is 0.140 e. The van der Waals surface area contributed by atoms with Gasteiger partial charge in [-0.3, -0.25) is 0 Å². The van der Waals surface area contributed by atoms with Crippen LogP contribution in [0.2, 0.25) is 0 Å². The van der Waals surface area contributed by atoms with Crippen LogP contribution in [0, 0.1) is 5.92 Å². The van der Waals surface area contributed by atoms with Gasteiger partial charge in [-0.15, -0.1) is 0 Å². The van der Waals surface area contributed by atoms with E-state index in [1.807, 2.05) is 0 Å². The Bertz CT molecular complexity index is 190. The highest BCUT2D eigenvalue weighted by atomic mass is 16.4. The molecule has 0 heterocycles. The fraction of sp³-hybridized carbons (Fsp3) is 0.900. The smallest absolute Gasteiger partial charge is 0.140 e. The third kappa shape index (κ3) is 4.46. The summed E-state index contributed by atoms with van der Waals surface area (Å²) in [5.74, 6) is 1.26. The Morgan fingerprint density at radius 2 is 2.36 bits per heavy atom. The average molecular weight is 199 g/mol. The van der Waals surface area contributed by atoms with E-state index >= 15 is 0 Å². The highest BCUT2D eigenvalue weighted by molar-refractivity contribution is 5.79. The monoisotopic (exact) mass is 199 g/mol. The van der Waals surface area contributed by atoms with E-state index in [9.17, 15) is 0 Å². The summed E-state index contributed by atoms with van der Waals surface area (Å²) < 4.78 is 0. The first-order chi connectivity index (χ1) is 6.76. The van der Waals surface area contributed by atoms with Crippen LogP contribution in [-0.2, 0) is 0 Å². The molecule has 14 heavy (non-hydrogen) atoms. The molecule has 0 aromatic carbocycles. The van der Waals surface area contributed by atoms with E-state index in [2.05, 4.69) is 17.4 Å². The lowest BCUT2D eigenvalue weighted by Crippen LogP contribution is -2.32. The Morgan fingerprint density at radius 1 is 1.64 bits per heavy atom. The zero-order valence-electron chi connectivity index (χ0n) is 8.87. The molecule has 82 valence electrons. The summed E-state index contributed by atoms with van der Waals surface area (Å²) in [5, 5.41) is 14.7. The maximum absolute atomic E-state index is 8.35. The molecule has 4 heteroatoms. The van der Waals surface area contributed by atoms with Crippen LogP contribution in [0.5, 0.6) is 0 Å². The van der Waals surface area contributed by atoms with Gasteiger partial charge in [0.1, 0.15) is 5.84 Å². The minimum atomic E-state index is 0.304. The first-order valence-electron chi connectivity index (χ1n) is 5.46. The quantitative estimate of drug-likeness (QED) is 0.250. The van der Waals surface area contributed by atoms with Crippen LogP contribution >= 0.6 is 0 Å². The van der Waals surface area contributed by atoms with Crippen LogP contribution in [0.4, 0.5) is 0 Å². The topological polar surface area (TPSA) is 70.6 Å². The van der Waals surface area contributed by atoms with Gasteiger partial charge in [0, 0.05) is 19.0 Å². The lowest BCUT2D eigenvalue weighted by molar-refractivity contribution is 0.316. The van der Waals surface area contributed by atoms with Crippen molar-refractivity contribution in [2.75, 3.05) is 6.54 Å². The normalized spacial score (nSPS) is 19.6. The van der Waals surface area contributed by atoms with Gasteiger partial charge in [0.2, 0.25) is 0 Å². The molecule has 1 aliphatic carbocycles. The number of hydrogen-bond acceptors (Lipinski definition) is 3. The molecule has 0 amide bonds. The number of nitrogens with one attached hydrogen (secondary N) is 1. The summed E-state index contributed by atoms with van der Waals surface area (Å²) in [7, 11) is 0. The van der Waals surface area contributed by atoms with Crippen molar-refractivity contribution in [3.8, 4) is 0 Å². The highest BCUT2D eigenvalue weighted by Crippen LogP contribution is 2.33. The van der Waals surface area contributed by atoms with Crippen LogP contribution in [0.25, 0.3) is 0 Å². The molecule has 0 aromatic rings. The lowest BCUT2D eigenvalue weighted by Gasteiger charge is -2.15. The zero-order valence-corrected chi connectivity index (χ0v) is 8.87. The van der Waals surface area contributed by atoms with Crippen molar-refractivity contribution >= 4 is 5.84 Å². The van der Waals surface area contributed by atoms with Gasteiger partial charge < -0.3 is 16.3 Å². The molecular weight excluding hydrogens is 178 g/mol. The Hall–Kier alpha value is -0.770. The summed E-state index contributed by atoms with van der Waals surface area (Å²) in [4.78, 5) is 0. The molecule has 4 N–H and O–H groups in total. The number of nitrogens with two attached hydrogens (primary N) is 1. The van der Waals surface area contributed by atoms with Gasteiger partial charge in [0.15, 0.2) is 0 Å². The first-order valence-corrected chi connectivity index (χ1v) is 5.46. The fourth-order valence-electron chi connectivity index (χ4n) is 1.60. The van der Waals surface area contributed by atoms with E-state index in [4.69, 9.17) is 10.9 Å². The van der Waals surface area contributed by atoms with Crippen molar-refractivity contribution in [3.63, 3.8) is 0 Å². The molecule has 1 rings (SSSR count). The molecule has 0 bridgehead atoms. The van der Waals surface area contributed by atoms with E-state index in [1.165, 1.54) is 19.3 Å². The van der Waals surface area contributed by atoms with Gasteiger partial charge in [-0.2, -0.15) is 0 Å². The summed E-state index contributed by atoms with van der Waals surface area (Å²) in [6, 6.07) is 0.606.